The second-order valence-electron chi connectivity index (χ2n) is 4.54. The zero-order chi connectivity index (χ0) is 12.3. The molecule has 1 unspecified atom stereocenters. The first-order valence-electron chi connectivity index (χ1n) is 6.07. The van der Waals surface area contributed by atoms with E-state index in [-0.39, 0.29) is 11.6 Å². The van der Waals surface area contributed by atoms with Crippen molar-refractivity contribution in [2.45, 2.75) is 31.4 Å². The molecule has 1 aromatic rings. The Balaban J connectivity index is 2.29. The summed E-state index contributed by atoms with van der Waals surface area (Å²) >= 11 is 1.79. The third-order valence-electron chi connectivity index (χ3n) is 3.77. The van der Waals surface area contributed by atoms with Crippen LogP contribution in [-0.2, 0) is 9.47 Å². The monoisotopic (exact) mass is 255 g/mol. The molecule has 3 nitrogen and oxygen atoms in total. The molecular weight excluding hydrogens is 234 g/mol. The summed E-state index contributed by atoms with van der Waals surface area (Å²) in [6.07, 6.45) is 1.90. The lowest BCUT2D eigenvalue weighted by Crippen LogP contribution is -2.48. The lowest BCUT2D eigenvalue weighted by Gasteiger charge is -2.42. The zero-order valence-electron chi connectivity index (χ0n) is 10.8. The topological polar surface area (TPSA) is 30.5 Å². The molecule has 1 fully saturated rings. The molecule has 96 valence electrons. The highest BCUT2D eigenvalue weighted by molar-refractivity contribution is 7.10. The summed E-state index contributed by atoms with van der Waals surface area (Å²) in [7, 11) is 3.83. The van der Waals surface area contributed by atoms with Gasteiger partial charge in [0.1, 0.15) is 0 Å². The van der Waals surface area contributed by atoms with Crippen molar-refractivity contribution in [3.8, 4) is 0 Å². The third-order valence-corrected chi connectivity index (χ3v) is 4.63. The molecule has 1 aliphatic heterocycles. The van der Waals surface area contributed by atoms with Crippen LogP contribution in [0.4, 0.5) is 0 Å². The Morgan fingerprint density at radius 1 is 1.47 bits per heavy atom. The molecule has 1 aliphatic rings. The fourth-order valence-electron chi connectivity index (χ4n) is 2.72. The molecule has 0 spiro atoms. The molecule has 1 N–H and O–H groups in total. The lowest BCUT2D eigenvalue weighted by atomic mass is 9.82. The van der Waals surface area contributed by atoms with Gasteiger partial charge in [-0.2, -0.15) is 0 Å². The van der Waals surface area contributed by atoms with E-state index in [0.29, 0.717) is 0 Å². The maximum atomic E-state index is 5.87. The van der Waals surface area contributed by atoms with Gasteiger partial charge in [-0.15, -0.1) is 11.3 Å². The molecule has 0 radical (unpaired) electrons. The van der Waals surface area contributed by atoms with Gasteiger partial charge in [0.15, 0.2) is 0 Å². The number of hydrogen-bond acceptors (Lipinski definition) is 4. The summed E-state index contributed by atoms with van der Waals surface area (Å²) in [5.41, 5.74) is 1.24. The number of hydrogen-bond donors (Lipinski definition) is 1. The largest absolute Gasteiger partial charge is 0.381 e. The molecule has 0 amide bonds. The normalized spacial score (nSPS) is 21.4. The Labute approximate surface area is 107 Å². The Morgan fingerprint density at radius 2 is 2.18 bits per heavy atom. The number of ether oxygens (including phenoxy) is 2. The summed E-state index contributed by atoms with van der Waals surface area (Å²) in [5, 5.41) is 5.58. The molecule has 2 rings (SSSR count). The number of thiophene rings is 1. The molecule has 1 atom stereocenters. The molecule has 2 heterocycles. The standard InChI is InChI=1S/C13H21NO2S/c1-10-11(4-9-17-10)12(14-2)13(15-3)5-7-16-8-6-13/h4,9,12,14H,5-8H2,1-3H3. The van der Waals surface area contributed by atoms with E-state index in [9.17, 15) is 0 Å². The van der Waals surface area contributed by atoms with Crippen LogP contribution in [0.1, 0.15) is 29.3 Å². The van der Waals surface area contributed by atoms with Crippen LogP contribution in [-0.4, -0.2) is 33.0 Å². The van der Waals surface area contributed by atoms with Crippen LogP contribution in [0, 0.1) is 6.92 Å². The minimum absolute atomic E-state index is 0.126. The molecule has 1 aromatic heterocycles. The summed E-state index contributed by atoms with van der Waals surface area (Å²) in [4.78, 5) is 1.37. The minimum Gasteiger partial charge on any atom is -0.381 e. The van der Waals surface area contributed by atoms with Crippen LogP contribution in [0.15, 0.2) is 11.4 Å². The average molecular weight is 255 g/mol. The highest BCUT2D eigenvalue weighted by Gasteiger charge is 2.41. The molecule has 0 aromatic carbocycles. The van der Waals surface area contributed by atoms with Crippen molar-refractivity contribution in [1.82, 2.24) is 5.32 Å². The van der Waals surface area contributed by atoms with Crippen molar-refractivity contribution < 1.29 is 9.47 Å². The Morgan fingerprint density at radius 3 is 2.65 bits per heavy atom. The highest BCUT2D eigenvalue weighted by Crippen LogP contribution is 2.39. The number of likely N-dealkylation sites (N-methyl/N-ethyl adjacent to an activating group) is 1. The van der Waals surface area contributed by atoms with E-state index in [0.717, 1.165) is 26.1 Å². The zero-order valence-corrected chi connectivity index (χ0v) is 11.6. The number of nitrogens with one attached hydrogen (secondary N) is 1. The highest BCUT2D eigenvalue weighted by atomic mass is 32.1. The maximum Gasteiger partial charge on any atom is 0.0916 e. The second kappa shape index (κ2) is 5.48. The Kier molecular flexibility index (Phi) is 4.20. The fourth-order valence-corrected chi connectivity index (χ4v) is 3.46. The molecule has 0 bridgehead atoms. The maximum absolute atomic E-state index is 5.87. The summed E-state index contributed by atoms with van der Waals surface area (Å²) < 4.78 is 11.3. The number of rotatable bonds is 4. The van der Waals surface area contributed by atoms with Crippen LogP contribution >= 0.6 is 11.3 Å². The summed E-state index contributed by atoms with van der Waals surface area (Å²) in [6, 6.07) is 2.46. The summed E-state index contributed by atoms with van der Waals surface area (Å²) in [5.74, 6) is 0. The lowest BCUT2D eigenvalue weighted by molar-refractivity contribution is -0.110. The van der Waals surface area contributed by atoms with Crippen molar-refractivity contribution in [2.24, 2.45) is 0 Å². The number of methoxy groups -OCH3 is 1. The van der Waals surface area contributed by atoms with Crippen molar-refractivity contribution in [2.75, 3.05) is 27.4 Å². The average Bonchev–Trinajstić information content (AvgIpc) is 2.78. The van der Waals surface area contributed by atoms with E-state index < -0.39 is 0 Å². The van der Waals surface area contributed by atoms with Crippen molar-refractivity contribution in [3.05, 3.63) is 21.9 Å². The first-order chi connectivity index (χ1) is 8.23. The van der Waals surface area contributed by atoms with Crippen LogP contribution in [0.2, 0.25) is 0 Å². The summed E-state index contributed by atoms with van der Waals surface area (Å²) in [6.45, 7) is 3.75. The molecule has 1 saturated heterocycles. The van der Waals surface area contributed by atoms with Crippen molar-refractivity contribution in [1.29, 1.82) is 0 Å². The van der Waals surface area contributed by atoms with Gasteiger partial charge in [-0.05, 0) is 31.0 Å². The van der Waals surface area contributed by atoms with Gasteiger partial charge >= 0.3 is 0 Å². The van der Waals surface area contributed by atoms with E-state index in [1.165, 1.54) is 10.4 Å². The van der Waals surface area contributed by atoms with Gasteiger partial charge in [0.05, 0.1) is 11.6 Å². The predicted molar refractivity (Wildman–Crippen MR) is 70.6 cm³/mol. The van der Waals surface area contributed by atoms with Crippen molar-refractivity contribution in [3.63, 3.8) is 0 Å². The molecular formula is C13H21NO2S. The quantitative estimate of drug-likeness (QED) is 0.896. The Hall–Kier alpha value is -0.420. The van der Waals surface area contributed by atoms with Gasteiger partial charge in [-0.1, -0.05) is 0 Å². The number of aryl methyl sites for hydroxylation is 1. The van der Waals surface area contributed by atoms with E-state index in [2.05, 4.69) is 23.7 Å². The van der Waals surface area contributed by atoms with Gasteiger partial charge in [-0.25, -0.2) is 0 Å². The molecule has 4 heteroatoms. The van der Waals surface area contributed by atoms with Gasteiger partial charge < -0.3 is 14.8 Å². The van der Waals surface area contributed by atoms with Gasteiger partial charge in [0.25, 0.3) is 0 Å². The van der Waals surface area contributed by atoms with E-state index in [1.54, 1.807) is 11.3 Å². The van der Waals surface area contributed by atoms with Crippen LogP contribution in [0.5, 0.6) is 0 Å². The fraction of sp³-hybridized carbons (Fsp3) is 0.692. The molecule has 0 aliphatic carbocycles. The van der Waals surface area contributed by atoms with E-state index in [4.69, 9.17) is 9.47 Å². The molecule has 17 heavy (non-hydrogen) atoms. The van der Waals surface area contributed by atoms with Crippen LogP contribution in [0.25, 0.3) is 0 Å². The Bertz CT molecular complexity index is 358. The van der Waals surface area contributed by atoms with Crippen LogP contribution in [0.3, 0.4) is 0 Å². The minimum atomic E-state index is -0.126. The second-order valence-corrected chi connectivity index (χ2v) is 5.66. The first-order valence-corrected chi connectivity index (χ1v) is 6.95. The SMILES string of the molecule is CNC(c1ccsc1C)C1(OC)CCOCC1. The van der Waals surface area contributed by atoms with Gasteiger partial charge in [0.2, 0.25) is 0 Å². The predicted octanol–water partition coefficient (Wildman–Crippen LogP) is 2.51. The smallest absolute Gasteiger partial charge is 0.0916 e. The van der Waals surface area contributed by atoms with Crippen molar-refractivity contribution >= 4 is 11.3 Å². The third kappa shape index (κ3) is 2.40. The molecule has 0 saturated carbocycles. The van der Waals surface area contributed by atoms with E-state index >= 15 is 0 Å². The van der Waals surface area contributed by atoms with Gasteiger partial charge in [0, 0.05) is 38.0 Å². The first kappa shape index (κ1) is 13.0. The van der Waals surface area contributed by atoms with Crippen LogP contribution < -0.4 is 5.32 Å². The van der Waals surface area contributed by atoms with Gasteiger partial charge in [-0.3, -0.25) is 0 Å². The van der Waals surface area contributed by atoms with E-state index in [1.807, 2.05) is 14.2 Å².